The summed E-state index contributed by atoms with van der Waals surface area (Å²) in [6.45, 7) is 0.509. The minimum absolute atomic E-state index is 0.197. The van der Waals surface area contributed by atoms with Gasteiger partial charge >= 0.3 is 5.97 Å². The summed E-state index contributed by atoms with van der Waals surface area (Å²) in [6, 6.07) is 14.4. The van der Waals surface area contributed by atoms with Gasteiger partial charge in [-0.2, -0.15) is 0 Å². The van der Waals surface area contributed by atoms with Gasteiger partial charge in [-0.1, -0.05) is 30.3 Å². The van der Waals surface area contributed by atoms with Gasteiger partial charge in [-0.05, 0) is 53.6 Å². The first-order valence-corrected chi connectivity index (χ1v) is 10.8. The van der Waals surface area contributed by atoms with E-state index in [2.05, 4.69) is 28.4 Å². The molecule has 0 radical (unpaired) electrons. The summed E-state index contributed by atoms with van der Waals surface area (Å²) in [7, 11) is 5.04. The maximum Gasteiger partial charge on any atom is 0.306 e. The molecule has 0 aliphatic heterocycles. The minimum Gasteiger partial charge on any atom is -0.489 e. The average molecular weight is 436 g/mol. The highest BCUT2D eigenvalue weighted by Crippen LogP contribution is 2.29. The van der Waals surface area contributed by atoms with Gasteiger partial charge in [0.2, 0.25) is 0 Å². The maximum absolute atomic E-state index is 12.0. The molecule has 1 aliphatic rings. The van der Waals surface area contributed by atoms with Gasteiger partial charge in [0.05, 0.1) is 25.6 Å². The van der Waals surface area contributed by atoms with Crippen molar-refractivity contribution >= 4 is 5.97 Å². The number of hydrogen-bond donors (Lipinski definition) is 0. The lowest BCUT2D eigenvalue weighted by Crippen LogP contribution is -2.21. The Morgan fingerprint density at radius 3 is 2.66 bits per heavy atom. The molecule has 1 aliphatic carbocycles. The van der Waals surface area contributed by atoms with E-state index in [1.54, 1.807) is 13.4 Å². The molecule has 0 fully saturated rings. The largest absolute Gasteiger partial charge is 0.489 e. The lowest BCUT2D eigenvalue weighted by molar-refractivity contribution is -0.140. The van der Waals surface area contributed by atoms with Crippen molar-refractivity contribution in [2.45, 2.75) is 44.3 Å². The van der Waals surface area contributed by atoms with Crippen LogP contribution in [0.3, 0.4) is 0 Å². The van der Waals surface area contributed by atoms with Crippen LogP contribution < -0.4 is 4.74 Å². The van der Waals surface area contributed by atoms with Crippen LogP contribution in [0.2, 0.25) is 0 Å². The number of aromatic nitrogens is 3. The molecule has 3 aromatic rings. The van der Waals surface area contributed by atoms with Crippen molar-refractivity contribution < 1.29 is 19.0 Å². The van der Waals surface area contributed by atoms with Crippen molar-refractivity contribution in [1.29, 1.82) is 0 Å². The molecular weight excluding hydrogens is 406 g/mol. The second-order valence-corrected chi connectivity index (χ2v) is 8.19. The highest BCUT2D eigenvalue weighted by molar-refractivity contribution is 5.71. The maximum atomic E-state index is 12.0. The predicted molar refractivity (Wildman–Crippen MR) is 120 cm³/mol. The molecule has 32 heavy (non-hydrogen) atoms. The van der Waals surface area contributed by atoms with Crippen LogP contribution in [0.15, 0.2) is 48.8 Å². The van der Waals surface area contributed by atoms with E-state index in [4.69, 9.17) is 14.2 Å². The predicted octanol–water partition coefficient (Wildman–Crippen LogP) is 3.59. The van der Waals surface area contributed by atoms with Crippen molar-refractivity contribution in [2.75, 3.05) is 14.2 Å². The third kappa shape index (κ3) is 4.99. The normalized spacial score (nSPS) is 16.3. The number of benzene rings is 2. The van der Waals surface area contributed by atoms with Gasteiger partial charge in [0, 0.05) is 14.2 Å². The summed E-state index contributed by atoms with van der Waals surface area (Å²) >= 11 is 0. The number of rotatable bonds is 8. The molecule has 1 aromatic heterocycles. The van der Waals surface area contributed by atoms with Gasteiger partial charge in [0.15, 0.2) is 0 Å². The van der Waals surface area contributed by atoms with E-state index in [9.17, 15) is 4.79 Å². The Kier molecular flexibility index (Phi) is 6.85. The summed E-state index contributed by atoms with van der Waals surface area (Å²) in [5.74, 6) is 0.970. The fraction of sp³-hybridized carbons (Fsp3) is 0.400. The van der Waals surface area contributed by atoms with E-state index < -0.39 is 0 Å². The molecule has 7 heteroatoms. The molecule has 2 atom stereocenters. The third-order valence-electron chi connectivity index (χ3n) is 6.13. The number of ether oxygens (including phenoxy) is 3. The Morgan fingerprint density at radius 1 is 1.16 bits per heavy atom. The smallest absolute Gasteiger partial charge is 0.306 e. The summed E-state index contributed by atoms with van der Waals surface area (Å²) in [5, 5.41) is 8.14. The third-order valence-corrected chi connectivity index (χ3v) is 6.13. The molecule has 2 aromatic carbocycles. The molecule has 0 bridgehead atoms. The molecule has 0 saturated carbocycles. The van der Waals surface area contributed by atoms with Crippen LogP contribution in [0.5, 0.6) is 5.75 Å². The number of methoxy groups -OCH3 is 2. The quantitative estimate of drug-likeness (QED) is 0.504. The Hall–Kier alpha value is -3.19. The van der Waals surface area contributed by atoms with Crippen LogP contribution in [0.4, 0.5) is 0 Å². The first kappa shape index (κ1) is 22.0. The fourth-order valence-corrected chi connectivity index (χ4v) is 4.24. The number of hydrogen-bond acceptors (Lipinski definition) is 6. The van der Waals surface area contributed by atoms with E-state index >= 15 is 0 Å². The van der Waals surface area contributed by atoms with Crippen LogP contribution in [0.25, 0.3) is 0 Å². The van der Waals surface area contributed by atoms with Crippen molar-refractivity contribution in [3.8, 4) is 5.75 Å². The van der Waals surface area contributed by atoms with Gasteiger partial charge in [-0.15, -0.1) is 10.2 Å². The molecule has 1 unspecified atom stereocenters. The minimum atomic E-state index is -0.289. The van der Waals surface area contributed by atoms with E-state index in [0.717, 1.165) is 36.1 Å². The Balaban J connectivity index is 1.43. The van der Waals surface area contributed by atoms with E-state index in [-0.39, 0.29) is 18.3 Å². The second-order valence-electron chi connectivity index (χ2n) is 8.19. The summed E-state index contributed by atoms with van der Waals surface area (Å²) in [4.78, 5) is 12.0. The highest BCUT2D eigenvalue weighted by Gasteiger charge is 2.23. The Bertz CT molecular complexity index is 1060. The fourth-order valence-electron chi connectivity index (χ4n) is 4.24. The Labute approximate surface area is 188 Å². The molecule has 4 rings (SSSR count). The monoisotopic (exact) mass is 435 g/mol. The van der Waals surface area contributed by atoms with Crippen LogP contribution in [-0.4, -0.2) is 41.1 Å². The van der Waals surface area contributed by atoms with Crippen LogP contribution in [0, 0.1) is 0 Å². The van der Waals surface area contributed by atoms with Gasteiger partial charge in [0.1, 0.15) is 24.5 Å². The summed E-state index contributed by atoms with van der Waals surface area (Å²) in [5.41, 5.74) is 4.88. The molecule has 0 saturated heterocycles. The van der Waals surface area contributed by atoms with Gasteiger partial charge in [-0.25, -0.2) is 0 Å². The average Bonchev–Trinajstić information content (AvgIpc) is 3.26. The van der Waals surface area contributed by atoms with Gasteiger partial charge in [-0.3, -0.25) is 4.79 Å². The standard InChI is InChI=1S/C25H29N3O4/c1-28-16-26-27-25(28)23(14-24(29)31-3)18-6-9-21(10-7-18)32-15-17-4-5-20-13-22(30-2)11-8-19(20)12-17/h4-7,9-10,12,16,22-23H,8,11,13-15H2,1-3H3/t22?,23-/m0/s1. The molecule has 0 N–H and O–H groups in total. The zero-order valence-corrected chi connectivity index (χ0v) is 18.8. The number of aryl methyl sites for hydroxylation is 2. The van der Waals surface area contributed by atoms with E-state index in [1.807, 2.05) is 35.9 Å². The molecule has 0 spiro atoms. The number of nitrogens with zero attached hydrogens (tertiary/aromatic N) is 3. The van der Waals surface area contributed by atoms with Crippen LogP contribution in [-0.2, 0) is 40.8 Å². The van der Waals surface area contributed by atoms with Crippen molar-refractivity contribution in [1.82, 2.24) is 14.8 Å². The van der Waals surface area contributed by atoms with Crippen molar-refractivity contribution in [3.63, 3.8) is 0 Å². The number of fused-ring (bicyclic) bond motifs is 1. The van der Waals surface area contributed by atoms with Gasteiger partial charge < -0.3 is 18.8 Å². The first-order chi connectivity index (χ1) is 15.6. The zero-order chi connectivity index (χ0) is 22.5. The lowest BCUT2D eigenvalue weighted by Gasteiger charge is -2.24. The molecular formula is C25H29N3O4. The molecule has 0 amide bonds. The van der Waals surface area contributed by atoms with Crippen LogP contribution in [0.1, 0.15) is 46.8 Å². The summed E-state index contributed by atoms with van der Waals surface area (Å²) < 4.78 is 18.2. The summed E-state index contributed by atoms with van der Waals surface area (Å²) in [6.07, 6.45) is 5.24. The topological polar surface area (TPSA) is 75.5 Å². The number of carbonyl (C=O) groups excluding carboxylic acids is 1. The number of carbonyl (C=O) groups is 1. The lowest BCUT2D eigenvalue weighted by atomic mass is 9.88. The van der Waals surface area contributed by atoms with Crippen molar-refractivity contribution in [2.24, 2.45) is 7.05 Å². The van der Waals surface area contributed by atoms with Crippen molar-refractivity contribution in [3.05, 3.63) is 76.9 Å². The zero-order valence-electron chi connectivity index (χ0n) is 18.8. The highest BCUT2D eigenvalue weighted by atomic mass is 16.5. The van der Waals surface area contributed by atoms with Gasteiger partial charge in [0.25, 0.3) is 0 Å². The Morgan fingerprint density at radius 2 is 1.97 bits per heavy atom. The van der Waals surface area contributed by atoms with Crippen LogP contribution >= 0.6 is 0 Å². The molecule has 1 heterocycles. The SMILES string of the molecule is COC(=O)C[C@@H](c1ccc(OCc2ccc3c(c2)CCC(OC)C3)cc1)c1nncn1C. The van der Waals surface area contributed by atoms with E-state index in [1.165, 1.54) is 18.2 Å². The first-order valence-electron chi connectivity index (χ1n) is 10.8. The molecule has 168 valence electrons. The second kappa shape index (κ2) is 9.96. The number of esters is 1. The van der Waals surface area contributed by atoms with E-state index in [0.29, 0.717) is 18.5 Å². The molecule has 7 nitrogen and oxygen atoms in total.